The summed E-state index contributed by atoms with van der Waals surface area (Å²) in [5.41, 5.74) is 7.06. The number of nitrogens with one attached hydrogen (secondary N) is 1. The minimum atomic E-state index is -2.38. The van der Waals surface area contributed by atoms with Crippen molar-refractivity contribution in [3.05, 3.63) is 17.2 Å². The van der Waals surface area contributed by atoms with Crippen LogP contribution in [0, 0.1) is 0 Å². The molecule has 8 heteroatoms. The summed E-state index contributed by atoms with van der Waals surface area (Å²) in [6.07, 6.45) is 0. The highest BCUT2D eigenvalue weighted by Gasteiger charge is 2.10. The Balaban J connectivity index is 2.61. The monoisotopic (exact) mass is 259 g/mol. The molecule has 1 unspecified atom stereocenters. The number of aromatic nitrogens is 2. The van der Waals surface area contributed by atoms with E-state index in [1.54, 1.807) is 12.1 Å². The number of fused-ring (bicyclic) bond motifs is 1. The van der Waals surface area contributed by atoms with Gasteiger partial charge in [0, 0.05) is 18.3 Å². The fourth-order valence-corrected chi connectivity index (χ4v) is 2.01. The highest BCUT2D eigenvalue weighted by atomic mass is 35.5. The highest BCUT2D eigenvalue weighted by Crippen LogP contribution is 2.30. The van der Waals surface area contributed by atoms with Crippen molar-refractivity contribution in [1.82, 2.24) is 9.97 Å². The van der Waals surface area contributed by atoms with Crippen LogP contribution in [0.5, 0.6) is 0 Å². The molecule has 0 aliphatic rings. The fraction of sp³-hybridized carbons (Fsp3) is 0.125. The average molecular weight is 260 g/mol. The molecule has 0 amide bonds. The number of nitrogen functional groups attached to an aromatic ring is 1. The van der Waals surface area contributed by atoms with Gasteiger partial charge in [-0.3, -0.25) is 4.21 Å². The zero-order chi connectivity index (χ0) is 11.9. The number of hydrogen-bond acceptors (Lipinski definition) is 4. The number of rotatable bonds is 2. The number of benzene rings is 1. The second kappa shape index (κ2) is 3.93. The van der Waals surface area contributed by atoms with Crippen LogP contribution in [0.1, 0.15) is 0 Å². The van der Waals surface area contributed by atoms with Crippen LogP contribution in [0.4, 0.5) is 11.6 Å². The molecule has 2 aromatic rings. The van der Waals surface area contributed by atoms with Crippen LogP contribution in [0.25, 0.3) is 11.0 Å². The van der Waals surface area contributed by atoms with Gasteiger partial charge in [0.15, 0.2) is 5.95 Å². The predicted octanol–water partition coefficient (Wildman–Crippen LogP) is 1.03. The molecule has 1 atom stereocenters. The second-order valence-electron chi connectivity index (χ2n) is 3.16. The zero-order valence-corrected chi connectivity index (χ0v) is 9.80. The number of anilines is 2. The van der Waals surface area contributed by atoms with Crippen molar-refractivity contribution in [2.75, 3.05) is 17.1 Å². The van der Waals surface area contributed by atoms with E-state index in [1.807, 2.05) is 0 Å². The number of H-pyrrole nitrogens is 1. The lowest BCUT2D eigenvalue weighted by atomic mass is 10.3. The molecule has 1 aromatic heterocycles. The molecule has 0 saturated heterocycles. The molecular formula is C8H8ClN4O2S-. The normalized spacial score (nSPS) is 12.9. The van der Waals surface area contributed by atoms with Crippen LogP contribution in [-0.2, 0) is 11.3 Å². The lowest BCUT2D eigenvalue weighted by molar-refractivity contribution is 0.535. The molecule has 0 bridgehead atoms. The molecule has 0 fully saturated rings. The molecule has 86 valence electrons. The molecular weight excluding hydrogens is 252 g/mol. The average Bonchev–Trinajstić information content (AvgIpc) is 2.54. The third-order valence-corrected chi connectivity index (χ3v) is 3.08. The van der Waals surface area contributed by atoms with Crippen LogP contribution in [0.3, 0.4) is 0 Å². The first-order chi connectivity index (χ1) is 7.49. The Morgan fingerprint density at radius 2 is 2.31 bits per heavy atom. The topological polar surface area (TPSA) is 98.1 Å². The van der Waals surface area contributed by atoms with E-state index in [9.17, 15) is 8.76 Å². The van der Waals surface area contributed by atoms with Gasteiger partial charge in [-0.1, -0.05) is 11.6 Å². The van der Waals surface area contributed by atoms with Gasteiger partial charge in [-0.15, -0.1) is 0 Å². The molecule has 16 heavy (non-hydrogen) atoms. The Kier molecular flexibility index (Phi) is 2.75. The van der Waals surface area contributed by atoms with Crippen LogP contribution in [0.2, 0.25) is 5.02 Å². The van der Waals surface area contributed by atoms with Gasteiger partial charge in [-0.2, -0.15) is 0 Å². The molecule has 3 N–H and O–H groups in total. The van der Waals surface area contributed by atoms with Crippen molar-refractivity contribution in [3.63, 3.8) is 0 Å². The first-order valence-electron chi connectivity index (χ1n) is 4.27. The predicted molar refractivity (Wildman–Crippen MR) is 62.8 cm³/mol. The van der Waals surface area contributed by atoms with Crippen LogP contribution >= 0.6 is 11.6 Å². The summed E-state index contributed by atoms with van der Waals surface area (Å²) in [5.74, 6) is 0.258. The smallest absolute Gasteiger partial charge is 0.198 e. The number of halogens is 1. The number of nitrogens with zero attached hydrogens (tertiary/aromatic N) is 2. The lowest BCUT2D eigenvalue weighted by Crippen LogP contribution is -2.19. The Morgan fingerprint density at radius 3 is 2.94 bits per heavy atom. The molecule has 1 heterocycles. The van der Waals surface area contributed by atoms with E-state index in [-0.39, 0.29) is 5.95 Å². The summed E-state index contributed by atoms with van der Waals surface area (Å²) in [6, 6.07) is 3.14. The maximum atomic E-state index is 10.8. The summed E-state index contributed by atoms with van der Waals surface area (Å²) >= 11 is 3.57. The maximum absolute atomic E-state index is 10.8. The first-order valence-corrected chi connectivity index (χ1v) is 5.68. The van der Waals surface area contributed by atoms with Gasteiger partial charge in [0.05, 0.1) is 21.7 Å². The first kappa shape index (κ1) is 11.2. The Bertz CT molecular complexity index is 570. The van der Waals surface area contributed by atoms with E-state index in [0.717, 1.165) is 4.31 Å². The van der Waals surface area contributed by atoms with Gasteiger partial charge in [0.1, 0.15) is 0 Å². The molecule has 0 spiro atoms. The fourth-order valence-electron chi connectivity index (χ4n) is 1.36. The SMILES string of the molecule is CN(c1cc2nc(N)[nH]c2cc1Cl)S(=O)[O-]. The Hall–Kier alpha value is -1.31. The molecule has 0 radical (unpaired) electrons. The van der Waals surface area contributed by atoms with E-state index in [4.69, 9.17) is 17.3 Å². The quantitative estimate of drug-likeness (QED) is 0.787. The molecule has 6 nitrogen and oxygen atoms in total. The van der Waals surface area contributed by atoms with E-state index < -0.39 is 11.3 Å². The van der Waals surface area contributed by atoms with Crippen molar-refractivity contribution in [2.24, 2.45) is 0 Å². The van der Waals surface area contributed by atoms with Crippen molar-refractivity contribution in [3.8, 4) is 0 Å². The van der Waals surface area contributed by atoms with Gasteiger partial charge < -0.3 is 19.6 Å². The highest BCUT2D eigenvalue weighted by molar-refractivity contribution is 7.80. The summed E-state index contributed by atoms with van der Waals surface area (Å²) < 4.78 is 22.6. The number of nitrogens with two attached hydrogens (primary N) is 1. The van der Waals surface area contributed by atoms with Gasteiger partial charge in [-0.25, -0.2) is 4.98 Å². The van der Waals surface area contributed by atoms with E-state index in [2.05, 4.69) is 9.97 Å². The van der Waals surface area contributed by atoms with Gasteiger partial charge >= 0.3 is 0 Å². The molecule has 0 saturated carbocycles. The second-order valence-corrected chi connectivity index (χ2v) is 4.55. The minimum absolute atomic E-state index is 0.258. The van der Waals surface area contributed by atoms with Gasteiger partial charge in [0.2, 0.25) is 0 Å². The van der Waals surface area contributed by atoms with Crippen LogP contribution < -0.4 is 10.0 Å². The standard InChI is InChI=1S/C8H9ClN4O2S/c1-13(16(14)15)7-3-6-5(2-4(7)9)11-8(10)12-6/h2-3H,1H3,(H,14,15)(H3,10,11,12)/p-1. The summed E-state index contributed by atoms with van der Waals surface area (Å²) in [4.78, 5) is 6.80. The summed E-state index contributed by atoms with van der Waals surface area (Å²) in [5, 5.41) is 0.308. The maximum Gasteiger partial charge on any atom is 0.198 e. The Morgan fingerprint density at radius 1 is 1.62 bits per heavy atom. The van der Waals surface area contributed by atoms with Crippen molar-refractivity contribution < 1.29 is 8.76 Å². The van der Waals surface area contributed by atoms with Gasteiger partial charge in [0.25, 0.3) is 0 Å². The number of aromatic amines is 1. The lowest BCUT2D eigenvalue weighted by Gasteiger charge is -2.22. The molecule has 0 aliphatic carbocycles. The van der Waals surface area contributed by atoms with Gasteiger partial charge in [-0.05, 0) is 12.1 Å². The van der Waals surface area contributed by atoms with E-state index >= 15 is 0 Å². The zero-order valence-electron chi connectivity index (χ0n) is 8.23. The number of hydrogen-bond donors (Lipinski definition) is 2. The molecule has 1 aromatic carbocycles. The van der Waals surface area contributed by atoms with Crippen molar-refractivity contribution in [1.29, 1.82) is 0 Å². The Labute approximate surface area is 98.8 Å². The largest absolute Gasteiger partial charge is 0.755 e. The summed E-state index contributed by atoms with van der Waals surface area (Å²) in [7, 11) is 1.40. The van der Waals surface area contributed by atoms with Crippen LogP contribution in [-0.4, -0.2) is 25.8 Å². The van der Waals surface area contributed by atoms with Crippen molar-refractivity contribution >= 4 is 45.5 Å². The van der Waals surface area contributed by atoms with Crippen molar-refractivity contribution in [2.45, 2.75) is 0 Å². The molecule has 2 rings (SSSR count). The molecule has 0 aliphatic heterocycles. The number of imidazole rings is 1. The van der Waals surface area contributed by atoms with Crippen LogP contribution in [0.15, 0.2) is 12.1 Å². The minimum Gasteiger partial charge on any atom is -0.755 e. The third-order valence-electron chi connectivity index (χ3n) is 2.13. The van der Waals surface area contributed by atoms with E-state index in [0.29, 0.717) is 21.7 Å². The third kappa shape index (κ3) is 1.84. The summed E-state index contributed by atoms with van der Waals surface area (Å²) in [6.45, 7) is 0. The van der Waals surface area contributed by atoms with E-state index in [1.165, 1.54) is 7.05 Å².